The molecule has 0 bridgehead atoms. The number of rotatable bonds is 5. The Labute approximate surface area is 146 Å². The molecule has 6 nitrogen and oxygen atoms in total. The van der Waals surface area contributed by atoms with Crippen molar-refractivity contribution in [3.63, 3.8) is 0 Å². The maximum atomic E-state index is 11.5. The minimum absolute atomic E-state index is 0.232. The number of methoxy groups -OCH3 is 1. The van der Waals surface area contributed by atoms with Crippen LogP contribution in [0, 0.1) is 11.8 Å². The first-order valence-electron chi connectivity index (χ1n) is 7.67. The fraction of sp³-hybridized carbons (Fsp3) is 0.211. The van der Waals surface area contributed by atoms with E-state index in [2.05, 4.69) is 26.9 Å². The van der Waals surface area contributed by atoms with Crippen molar-refractivity contribution in [2.45, 2.75) is 13.0 Å². The molecule has 1 aromatic heterocycles. The van der Waals surface area contributed by atoms with E-state index in [1.807, 2.05) is 30.3 Å². The number of hydrogen-bond acceptors (Lipinski definition) is 5. The topological polar surface area (TPSA) is 77.5 Å². The van der Waals surface area contributed by atoms with Crippen LogP contribution in [0.4, 0.5) is 4.79 Å². The minimum Gasteiger partial charge on any atom is -0.464 e. The molecule has 0 saturated heterocycles. The number of benzene rings is 1. The summed E-state index contributed by atoms with van der Waals surface area (Å²) in [5, 5.41) is 2.63. The zero-order valence-electron chi connectivity index (χ0n) is 13.8. The summed E-state index contributed by atoms with van der Waals surface area (Å²) in [6.07, 6.45) is 1.50. The maximum Gasteiger partial charge on any atom is 0.407 e. The lowest BCUT2D eigenvalue weighted by atomic mass is 10.2. The lowest BCUT2D eigenvalue weighted by Crippen LogP contribution is -2.24. The number of amides is 1. The number of aromatic nitrogens is 1. The van der Waals surface area contributed by atoms with Crippen molar-refractivity contribution in [3.8, 4) is 11.8 Å². The Bertz CT molecular complexity index is 762. The molecule has 1 heterocycles. The van der Waals surface area contributed by atoms with Gasteiger partial charge in [-0.15, -0.1) is 0 Å². The summed E-state index contributed by atoms with van der Waals surface area (Å²) in [4.78, 5) is 26.8. The standard InChI is InChI=1S/C19H18N2O4/c1-24-18(22)17-11-10-15(13-21-17)7-5-6-12-20-19(23)25-14-16-8-3-2-4-9-16/h2-4,8-11,13H,6,12,14H2,1H3,(H,20,23). The van der Waals surface area contributed by atoms with Crippen molar-refractivity contribution in [2.24, 2.45) is 0 Å². The van der Waals surface area contributed by atoms with Gasteiger partial charge in [-0.1, -0.05) is 42.2 Å². The zero-order valence-corrected chi connectivity index (χ0v) is 13.8. The molecule has 0 aliphatic heterocycles. The van der Waals surface area contributed by atoms with Crippen LogP contribution in [0.3, 0.4) is 0 Å². The highest BCUT2D eigenvalue weighted by Gasteiger charge is 2.05. The Balaban J connectivity index is 1.68. The van der Waals surface area contributed by atoms with E-state index in [1.54, 1.807) is 12.1 Å². The first-order valence-corrected chi connectivity index (χ1v) is 7.67. The minimum atomic E-state index is -0.488. The van der Waals surface area contributed by atoms with Crippen molar-refractivity contribution in [3.05, 3.63) is 65.5 Å². The normalized spacial score (nSPS) is 9.48. The number of carbonyl (C=O) groups is 2. The summed E-state index contributed by atoms with van der Waals surface area (Å²) in [6, 6.07) is 12.7. The first-order chi connectivity index (χ1) is 12.2. The van der Waals surface area contributed by atoms with Gasteiger partial charge >= 0.3 is 12.1 Å². The van der Waals surface area contributed by atoms with Crippen LogP contribution in [0.2, 0.25) is 0 Å². The van der Waals surface area contributed by atoms with E-state index in [0.717, 1.165) is 5.56 Å². The van der Waals surface area contributed by atoms with Gasteiger partial charge in [-0.05, 0) is 17.7 Å². The van der Waals surface area contributed by atoms with E-state index in [9.17, 15) is 9.59 Å². The maximum absolute atomic E-state index is 11.5. The van der Waals surface area contributed by atoms with Gasteiger partial charge in [-0.2, -0.15) is 0 Å². The monoisotopic (exact) mass is 338 g/mol. The van der Waals surface area contributed by atoms with E-state index in [0.29, 0.717) is 18.5 Å². The summed E-state index contributed by atoms with van der Waals surface area (Å²) in [5.41, 5.74) is 1.84. The summed E-state index contributed by atoms with van der Waals surface area (Å²) >= 11 is 0. The Kier molecular flexibility index (Phi) is 7.01. The van der Waals surface area contributed by atoms with Crippen molar-refractivity contribution >= 4 is 12.1 Å². The molecule has 0 aliphatic rings. The molecule has 25 heavy (non-hydrogen) atoms. The smallest absolute Gasteiger partial charge is 0.407 e. The number of nitrogens with zero attached hydrogens (tertiary/aromatic N) is 1. The molecule has 0 aliphatic carbocycles. The fourth-order valence-corrected chi connectivity index (χ4v) is 1.86. The molecule has 0 atom stereocenters. The molecule has 2 rings (SSSR count). The van der Waals surface area contributed by atoms with Gasteiger partial charge in [0.05, 0.1) is 7.11 Å². The Morgan fingerprint density at radius 3 is 2.64 bits per heavy atom. The predicted octanol–water partition coefficient (Wildman–Crippen LogP) is 2.54. The van der Waals surface area contributed by atoms with Crippen molar-refractivity contribution in [1.29, 1.82) is 0 Å². The van der Waals surface area contributed by atoms with Crippen LogP contribution in [0.5, 0.6) is 0 Å². The predicted molar refractivity (Wildman–Crippen MR) is 91.7 cm³/mol. The highest BCUT2D eigenvalue weighted by atomic mass is 16.5. The van der Waals surface area contributed by atoms with Gasteiger partial charge in [-0.25, -0.2) is 14.6 Å². The number of nitrogens with one attached hydrogen (secondary N) is 1. The number of alkyl carbamates (subject to hydrolysis) is 1. The van der Waals surface area contributed by atoms with Gasteiger partial charge in [0.25, 0.3) is 0 Å². The van der Waals surface area contributed by atoms with Crippen LogP contribution in [0.1, 0.15) is 28.0 Å². The molecule has 2 aromatic rings. The Morgan fingerprint density at radius 1 is 1.16 bits per heavy atom. The van der Waals surface area contributed by atoms with Gasteiger partial charge in [0.15, 0.2) is 0 Å². The second kappa shape index (κ2) is 9.73. The zero-order chi connectivity index (χ0) is 17.9. The summed E-state index contributed by atoms with van der Waals surface area (Å²) in [6.45, 7) is 0.616. The number of carbonyl (C=O) groups excluding carboxylic acids is 2. The molecule has 0 saturated carbocycles. The number of hydrogen-bond donors (Lipinski definition) is 1. The number of ether oxygens (including phenoxy) is 2. The molecule has 0 fully saturated rings. The van der Waals surface area contributed by atoms with Crippen LogP contribution in [0.25, 0.3) is 0 Å². The number of pyridine rings is 1. The molecule has 1 N–H and O–H groups in total. The van der Waals surface area contributed by atoms with Gasteiger partial charge in [0.1, 0.15) is 12.3 Å². The third-order valence-corrected chi connectivity index (χ3v) is 3.12. The second-order valence-electron chi connectivity index (χ2n) is 4.96. The molecule has 6 heteroatoms. The van der Waals surface area contributed by atoms with Gasteiger partial charge in [0.2, 0.25) is 0 Å². The quantitative estimate of drug-likeness (QED) is 0.515. The van der Waals surface area contributed by atoms with Gasteiger partial charge < -0.3 is 14.8 Å². The van der Waals surface area contributed by atoms with Gasteiger partial charge in [0, 0.05) is 24.7 Å². The molecule has 1 amide bonds. The fourth-order valence-electron chi connectivity index (χ4n) is 1.86. The lowest BCUT2D eigenvalue weighted by Gasteiger charge is -2.05. The second-order valence-corrected chi connectivity index (χ2v) is 4.96. The van der Waals surface area contributed by atoms with Crippen molar-refractivity contribution < 1.29 is 19.1 Å². The molecular formula is C19H18N2O4. The average Bonchev–Trinajstić information content (AvgIpc) is 2.67. The van der Waals surface area contributed by atoms with Crippen molar-refractivity contribution in [1.82, 2.24) is 10.3 Å². The summed E-state index contributed by atoms with van der Waals surface area (Å²) < 4.78 is 9.66. The van der Waals surface area contributed by atoms with Crippen LogP contribution in [-0.2, 0) is 16.1 Å². The van der Waals surface area contributed by atoms with E-state index >= 15 is 0 Å². The molecule has 0 spiro atoms. The Morgan fingerprint density at radius 2 is 1.96 bits per heavy atom. The van der Waals surface area contributed by atoms with E-state index in [-0.39, 0.29) is 12.3 Å². The summed E-state index contributed by atoms with van der Waals surface area (Å²) in [7, 11) is 1.30. The van der Waals surface area contributed by atoms with E-state index in [4.69, 9.17) is 4.74 Å². The lowest BCUT2D eigenvalue weighted by molar-refractivity contribution is 0.0594. The third-order valence-electron chi connectivity index (χ3n) is 3.12. The van der Waals surface area contributed by atoms with Crippen LogP contribution < -0.4 is 5.32 Å². The number of esters is 1. The molecule has 0 radical (unpaired) electrons. The van der Waals surface area contributed by atoms with E-state index in [1.165, 1.54) is 13.3 Å². The molecule has 128 valence electrons. The van der Waals surface area contributed by atoms with Crippen LogP contribution >= 0.6 is 0 Å². The SMILES string of the molecule is COC(=O)c1ccc(C#CCCNC(=O)OCc2ccccc2)cn1. The largest absolute Gasteiger partial charge is 0.464 e. The molecular weight excluding hydrogens is 320 g/mol. The van der Waals surface area contributed by atoms with Crippen LogP contribution in [0.15, 0.2) is 48.7 Å². The average molecular weight is 338 g/mol. The third kappa shape index (κ3) is 6.36. The molecule has 1 aromatic carbocycles. The first kappa shape index (κ1) is 18.0. The summed E-state index contributed by atoms with van der Waals surface area (Å²) in [5.74, 6) is 5.33. The highest BCUT2D eigenvalue weighted by Crippen LogP contribution is 2.01. The van der Waals surface area contributed by atoms with E-state index < -0.39 is 12.1 Å². The van der Waals surface area contributed by atoms with Crippen molar-refractivity contribution in [2.75, 3.05) is 13.7 Å². The van der Waals surface area contributed by atoms with Crippen LogP contribution in [-0.4, -0.2) is 30.7 Å². The Hall–Kier alpha value is -3.33. The highest BCUT2D eigenvalue weighted by molar-refractivity contribution is 5.87. The van der Waals surface area contributed by atoms with Gasteiger partial charge in [-0.3, -0.25) is 0 Å². The molecule has 0 unspecified atom stereocenters.